The summed E-state index contributed by atoms with van der Waals surface area (Å²) in [5, 5.41) is 13.2. The van der Waals surface area contributed by atoms with Crippen molar-refractivity contribution >= 4 is 5.69 Å². The molecule has 0 saturated carbocycles. The minimum Gasteiger partial charge on any atom is -0.494 e. The molecule has 0 spiro atoms. The van der Waals surface area contributed by atoms with Crippen LogP contribution in [-0.4, -0.2) is 21.6 Å². The summed E-state index contributed by atoms with van der Waals surface area (Å²) < 4.78 is 5.81. The van der Waals surface area contributed by atoms with Crippen LogP contribution >= 0.6 is 0 Å². The Morgan fingerprint density at radius 1 is 1.00 bits per heavy atom. The zero-order valence-corrected chi connectivity index (χ0v) is 15.1. The van der Waals surface area contributed by atoms with Crippen LogP contribution in [0.15, 0.2) is 71.3 Å². The van der Waals surface area contributed by atoms with E-state index in [2.05, 4.69) is 15.3 Å². The molecule has 0 aliphatic carbocycles. The van der Waals surface area contributed by atoms with Crippen molar-refractivity contribution in [2.75, 3.05) is 11.9 Å². The standard InChI is InChI=1S/C22H21N3O2/c1-15-20(25-22(27-15)17-5-3-2-4-6-17)12-14-23-18-9-7-16(8-10-18)19-11-13-24-21(19)26/h2-11,13,23-24,26H,12,14H2,1H3. The van der Waals surface area contributed by atoms with Gasteiger partial charge in [0.25, 0.3) is 0 Å². The smallest absolute Gasteiger partial charge is 0.226 e. The molecule has 2 aromatic carbocycles. The molecule has 0 radical (unpaired) electrons. The molecule has 3 N–H and O–H groups in total. The van der Waals surface area contributed by atoms with Gasteiger partial charge in [-0.05, 0) is 42.8 Å². The van der Waals surface area contributed by atoms with Gasteiger partial charge in [0.2, 0.25) is 5.89 Å². The fourth-order valence-electron chi connectivity index (χ4n) is 3.05. The maximum Gasteiger partial charge on any atom is 0.226 e. The number of hydrogen-bond acceptors (Lipinski definition) is 4. The van der Waals surface area contributed by atoms with Gasteiger partial charge in [0.15, 0.2) is 5.88 Å². The lowest BCUT2D eigenvalue weighted by atomic mass is 10.1. The predicted molar refractivity (Wildman–Crippen MR) is 107 cm³/mol. The second-order valence-corrected chi connectivity index (χ2v) is 6.38. The SMILES string of the molecule is Cc1oc(-c2ccccc2)nc1CCNc1ccc(-c2cc[nH]c2O)cc1. The fourth-order valence-corrected chi connectivity index (χ4v) is 3.05. The second-order valence-electron chi connectivity index (χ2n) is 6.38. The van der Waals surface area contributed by atoms with Crippen LogP contribution in [0.5, 0.6) is 5.88 Å². The summed E-state index contributed by atoms with van der Waals surface area (Å²) in [6.45, 7) is 2.71. The number of benzene rings is 2. The average Bonchev–Trinajstić information content (AvgIpc) is 3.29. The molecule has 0 aliphatic rings. The first kappa shape index (κ1) is 17.0. The summed E-state index contributed by atoms with van der Waals surface area (Å²) in [6.07, 6.45) is 2.50. The van der Waals surface area contributed by atoms with Crippen LogP contribution in [0.4, 0.5) is 5.69 Å². The van der Waals surface area contributed by atoms with Crippen molar-refractivity contribution in [3.8, 4) is 28.5 Å². The molecule has 0 atom stereocenters. The van der Waals surface area contributed by atoms with E-state index in [-0.39, 0.29) is 5.88 Å². The molecule has 2 aromatic heterocycles. The van der Waals surface area contributed by atoms with Crippen LogP contribution in [0, 0.1) is 6.92 Å². The Balaban J connectivity index is 1.37. The van der Waals surface area contributed by atoms with Crippen LogP contribution in [0.3, 0.4) is 0 Å². The molecule has 5 nitrogen and oxygen atoms in total. The molecule has 0 amide bonds. The van der Waals surface area contributed by atoms with Crippen LogP contribution in [0.1, 0.15) is 11.5 Å². The summed E-state index contributed by atoms with van der Waals surface area (Å²) in [4.78, 5) is 7.41. The summed E-state index contributed by atoms with van der Waals surface area (Å²) in [5.74, 6) is 1.71. The number of aromatic hydroxyl groups is 1. The number of oxazole rings is 1. The molecular weight excluding hydrogens is 338 g/mol. The number of aromatic amines is 1. The van der Waals surface area contributed by atoms with E-state index in [9.17, 15) is 5.11 Å². The lowest BCUT2D eigenvalue weighted by Gasteiger charge is -2.06. The Kier molecular flexibility index (Phi) is 4.66. The average molecular weight is 359 g/mol. The highest BCUT2D eigenvalue weighted by Crippen LogP contribution is 2.28. The van der Waals surface area contributed by atoms with Gasteiger partial charge >= 0.3 is 0 Å². The lowest BCUT2D eigenvalue weighted by Crippen LogP contribution is -2.05. The third kappa shape index (κ3) is 3.72. The molecule has 4 rings (SSSR count). The molecule has 0 bridgehead atoms. The van der Waals surface area contributed by atoms with Gasteiger partial charge in [-0.2, -0.15) is 0 Å². The van der Waals surface area contributed by atoms with Crippen LogP contribution < -0.4 is 5.32 Å². The van der Waals surface area contributed by atoms with Crippen molar-refractivity contribution in [3.05, 3.63) is 78.3 Å². The zero-order chi connectivity index (χ0) is 18.6. The number of aryl methyl sites for hydroxylation is 1. The first-order valence-corrected chi connectivity index (χ1v) is 8.93. The first-order chi connectivity index (χ1) is 13.2. The molecular formula is C22H21N3O2. The van der Waals surface area contributed by atoms with Crippen molar-refractivity contribution < 1.29 is 9.52 Å². The summed E-state index contributed by atoms with van der Waals surface area (Å²) in [5.41, 5.74) is 4.75. The quantitative estimate of drug-likeness (QED) is 0.453. The van der Waals surface area contributed by atoms with E-state index in [0.29, 0.717) is 5.89 Å². The number of H-pyrrole nitrogens is 1. The minimum atomic E-state index is 0.187. The fraction of sp³-hybridized carbons (Fsp3) is 0.136. The van der Waals surface area contributed by atoms with Gasteiger partial charge in [0.1, 0.15) is 5.76 Å². The van der Waals surface area contributed by atoms with Crippen molar-refractivity contribution in [2.45, 2.75) is 13.3 Å². The van der Waals surface area contributed by atoms with Crippen molar-refractivity contribution in [3.63, 3.8) is 0 Å². The van der Waals surface area contributed by atoms with Gasteiger partial charge in [-0.3, -0.25) is 0 Å². The van der Waals surface area contributed by atoms with E-state index in [1.165, 1.54) is 0 Å². The Labute approximate surface area is 157 Å². The molecule has 2 heterocycles. The maximum absolute atomic E-state index is 9.76. The Morgan fingerprint density at radius 3 is 2.48 bits per heavy atom. The number of rotatable bonds is 6. The molecule has 0 saturated heterocycles. The first-order valence-electron chi connectivity index (χ1n) is 8.93. The van der Waals surface area contributed by atoms with E-state index in [1.54, 1.807) is 6.20 Å². The number of nitrogens with one attached hydrogen (secondary N) is 2. The highest BCUT2D eigenvalue weighted by Gasteiger charge is 2.11. The lowest BCUT2D eigenvalue weighted by molar-refractivity contribution is 0.459. The second kappa shape index (κ2) is 7.41. The molecule has 136 valence electrons. The molecule has 4 aromatic rings. The highest BCUT2D eigenvalue weighted by atomic mass is 16.4. The maximum atomic E-state index is 9.76. The van der Waals surface area contributed by atoms with E-state index in [1.807, 2.05) is 67.6 Å². The Morgan fingerprint density at radius 2 is 1.78 bits per heavy atom. The number of aromatic nitrogens is 2. The van der Waals surface area contributed by atoms with E-state index < -0.39 is 0 Å². The van der Waals surface area contributed by atoms with E-state index in [4.69, 9.17) is 4.42 Å². The minimum absolute atomic E-state index is 0.187. The third-order valence-electron chi connectivity index (χ3n) is 4.53. The van der Waals surface area contributed by atoms with Gasteiger partial charge in [-0.1, -0.05) is 30.3 Å². The summed E-state index contributed by atoms with van der Waals surface area (Å²) in [7, 11) is 0. The van der Waals surface area contributed by atoms with Gasteiger partial charge in [-0.15, -0.1) is 0 Å². The molecule has 5 heteroatoms. The largest absolute Gasteiger partial charge is 0.494 e. The molecule has 27 heavy (non-hydrogen) atoms. The topological polar surface area (TPSA) is 74.1 Å². The summed E-state index contributed by atoms with van der Waals surface area (Å²) >= 11 is 0. The molecule has 0 unspecified atom stereocenters. The van der Waals surface area contributed by atoms with Gasteiger partial charge in [0.05, 0.1) is 5.69 Å². The van der Waals surface area contributed by atoms with E-state index in [0.717, 1.165) is 46.8 Å². The van der Waals surface area contributed by atoms with Gasteiger partial charge in [-0.25, -0.2) is 4.98 Å². The summed E-state index contributed by atoms with van der Waals surface area (Å²) in [6, 6.07) is 19.8. The van der Waals surface area contributed by atoms with Gasteiger partial charge in [0, 0.05) is 36.0 Å². The van der Waals surface area contributed by atoms with Crippen molar-refractivity contribution in [2.24, 2.45) is 0 Å². The van der Waals surface area contributed by atoms with Gasteiger partial charge < -0.3 is 19.8 Å². The molecule has 0 fully saturated rings. The van der Waals surface area contributed by atoms with Crippen LogP contribution in [0.25, 0.3) is 22.6 Å². The van der Waals surface area contributed by atoms with Crippen LogP contribution in [-0.2, 0) is 6.42 Å². The Bertz CT molecular complexity index is 1020. The van der Waals surface area contributed by atoms with Crippen molar-refractivity contribution in [1.82, 2.24) is 9.97 Å². The van der Waals surface area contributed by atoms with E-state index >= 15 is 0 Å². The predicted octanol–water partition coefficient (Wildman–Crippen LogP) is 5.01. The highest BCUT2D eigenvalue weighted by molar-refractivity contribution is 5.70. The normalized spacial score (nSPS) is 10.9. The number of nitrogens with zero attached hydrogens (tertiary/aromatic N) is 1. The van der Waals surface area contributed by atoms with Crippen LogP contribution in [0.2, 0.25) is 0 Å². The Hall–Kier alpha value is -3.47. The zero-order valence-electron chi connectivity index (χ0n) is 15.1. The third-order valence-corrected chi connectivity index (χ3v) is 4.53. The number of hydrogen-bond donors (Lipinski definition) is 3. The number of anilines is 1. The monoisotopic (exact) mass is 359 g/mol. The van der Waals surface area contributed by atoms with Crippen molar-refractivity contribution in [1.29, 1.82) is 0 Å². The molecule has 0 aliphatic heterocycles.